The lowest BCUT2D eigenvalue weighted by Gasteiger charge is -2.41. The fourth-order valence-corrected chi connectivity index (χ4v) is 6.53. The molecule has 2 aliphatic rings. The first-order valence-corrected chi connectivity index (χ1v) is 13.4. The molecule has 2 aliphatic heterocycles. The van der Waals surface area contributed by atoms with Gasteiger partial charge in [0, 0.05) is 41.9 Å². The number of hydrogen-bond donors (Lipinski definition) is 2. The summed E-state index contributed by atoms with van der Waals surface area (Å²) < 4.78 is 47.7. The maximum Gasteiger partial charge on any atom is 0.283 e. The molecule has 5 rings (SSSR count). The second-order valence-corrected chi connectivity index (χ2v) is 11.0. The van der Waals surface area contributed by atoms with Crippen LogP contribution in [0.5, 0.6) is 5.19 Å². The van der Waals surface area contributed by atoms with E-state index in [4.69, 9.17) is 4.74 Å². The third-order valence-corrected chi connectivity index (χ3v) is 8.21. The van der Waals surface area contributed by atoms with Crippen molar-refractivity contribution < 1.29 is 23.0 Å². The van der Waals surface area contributed by atoms with Gasteiger partial charge in [-0.25, -0.2) is 13.8 Å². The van der Waals surface area contributed by atoms with Gasteiger partial charge in [-0.15, -0.1) is 0 Å². The standard InChI is InChI=1S/C26H33F3N4O2S/c1-17-12-20-19-7-2-3-8-21(19)31-23(20)24(33(17)15-26(28,29)16-34)22-13-30-25(36-22)35-18-6-4-10-32(14-18)11-5-9-27/h2-3,7-8,13,17-18,24,31,34H,4-6,9-12,14-16H2,1H3/t17-,18+,24-/m1/s1. The lowest BCUT2D eigenvalue weighted by atomic mass is 9.91. The van der Waals surface area contributed by atoms with E-state index >= 15 is 0 Å². The van der Waals surface area contributed by atoms with Crippen LogP contribution >= 0.6 is 11.3 Å². The fraction of sp³-hybridized carbons (Fsp3) is 0.577. The first-order valence-electron chi connectivity index (χ1n) is 12.6. The summed E-state index contributed by atoms with van der Waals surface area (Å²) in [7, 11) is 0. The summed E-state index contributed by atoms with van der Waals surface area (Å²) in [5, 5.41) is 10.9. The Balaban J connectivity index is 1.43. The van der Waals surface area contributed by atoms with E-state index in [1.807, 2.05) is 25.1 Å². The quantitative estimate of drug-likeness (QED) is 0.423. The minimum Gasteiger partial charge on any atom is -0.465 e. The number of rotatable bonds is 9. The highest BCUT2D eigenvalue weighted by atomic mass is 32.1. The summed E-state index contributed by atoms with van der Waals surface area (Å²) in [6.45, 7) is 2.29. The van der Waals surface area contributed by atoms with Crippen molar-refractivity contribution in [2.24, 2.45) is 0 Å². The molecule has 0 bridgehead atoms. The van der Waals surface area contributed by atoms with Crippen LogP contribution in [0.4, 0.5) is 13.2 Å². The lowest BCUT2D eigenvalue weighted by Crippen LogP contribution is -2.49. The SMILES string of the molecule is C[C@@H]1Cc2c([nH]c3ccccc23)[C@@H](c2cnc(O[C@H]3CCCN(CCCF)C3)s2)N1CC(F)(F)CO. The van der Waals surface area contributed by atoms with Crippen LogP contribution in [-0.2, 0) is 6.42 Å². The number of likely N-dealkylation sites (tertiary alicyclic amines) is 1. The Morgan fingerprint density at radius 2 is 2.14 bits per heavy atom. The third-order valence-electron chi connectivity index (χ3n) is 7.27. The molecule has 2 aromatic heterocycles. The molecular weight excluding hydrogens is 489 g/mol. The predicted octanol–water partition coefficient (Wildman–Crippen LogP) is 4.79. The Morgan fingerprint density at radius 3 is 2.94 bits per heavy atom. The summed E-state index contributed by atoms with van der Waals surface area (Å²) in [4.78, 5) is 12.8. The molecule has 10 heteroatoms. The van der Waals surface area contributed by atoms with E-state index < -0.39 is 25.1 Å². The molecule has 4 heterocycles. The Bertz CT molecular complexity index is 1170. The van der Waals surface area contributed by atoms with Gasteiger partial charge in [0.2, 0.25) is 0 Å². The third kappa shape index (κ3) is 5.27. The largest absolute Gasteiger partial charge is 0.465 e. The van der Waals surface area contributed by atoms with Crippen LogP contribution in [0.2, 0.25) is 0 Å². The van der Waals surface area contributed by atoms with Gasteiger partial charge in [0.1, 0.15) is 12.7 Å². The van der Waals surface area contributed by atoms with Crippen LogP contribution in [0.3, 0.4) is 0 Å². The number of halogens is 3. The van der Waals surface area contributed by atoms with Crippen LogP contribution in [0, 0.1) is 0 Å². The van der Waals surface area contributed by atoms with Crippen molar-refractivity contribution in [3.63, 3.8) is 0 Å². The number of aliphatic hydroxyl groups is 1. The van der Waals surface area contributed by atoms with E-state index in [0.717, 1.165) is 59.5 Å². The number of piperidine rings is 1. The number of alkyl halides is 3. The average Bonchev–Trinajstić information content (AvgIpc) is 3.48. The van der Waals surface area contributed by atoms with Gasteiger partial charge in [-0.3, -0.25) is 14.2 Å². The summed E-state index contributed by atoms with van der Waals surface area (Å²) >= 11 is 1.38. The summed E-state index contributed by atoms with van der Waals surface area (Å²) in [6, 6.07) is 7.40. The van der Waals surface area contributed by atoms with Gasteiger partial charge in [-0.2, -0.15) is 0 Å². The van der Waals surface area contributed by atoms with Crippen molar-refractivity contribution in [3.8, 4) is 5.19 Å². The number of para-hydroxylation sites is 1. The van der Waals surface area contributed by atoms with Crippen molar-refractivity contribution in [2.75, 3.05) is 39.5 Å². The van der Waals surface area contributed by atoms with E-state index in [0.29, 0.717) is 18.0 Å². The minimum atomic E-state index is -3.22. The number of hydrogen-bond acceptors (Lipinski definition) is 6. The van der Waals surface area contributed by atoms with Crippen molar-refractivity contribution in [1.82, 2.24) is 19.8 Å². The topological polar surface area (TPSA) is 64.6 Å². The molecule has 3 atom stereocenters. The Morgan fingerprint density at radius 1 is 1.31 bits per heavy atom. The fourth-order valence-electron chi connectivity index (χ4n) is 5.57. The molecule has 0 amide bonds. The van der Waals surface area contributed by atoms with E-state index in [1.165, 1.54) is 11.3 Å². The Kier molecular flexibility index (Phi) is 7.57. The number of nitrogens with one attached hydrogen (secondary N) is 1. The van der Waals surface area contributed by atoms with Crippen molar-refractivity contribution in [1.29, 1.82) is 0 Å². The highest BCUT2D eigenvalue weighted by molar-refractivity contribution is 7.13. The molecule has 1 saturated heterocycles. The predicted molar refractivity (Wildman–Crippen MR) is 135 cm³/mol. The number of thiazole rings is 1. The number of aromatic nitrogens is 2. The Labute approximate surface area is 213 Å². The maximum absolute atomic E-state index is 14.5. The zero-order valence-corrected chi connectivity index (χ0v) is 21.2. The monoisotopic (exact) mass is 522 g/mol. The lowest BCUT2D eigenvalue weighted by molar-refractivity contribution is -0.0862. The number of H-pyrrole nitrogens is 1. The number of aromatic amines is 1. The normalized spacial score (nSPS) is 23.8. The van der Waals surface area contributed by atoms with Gasteiger partial charge in [0.15, 0.2) is 0 Å². The zero-order chi connectivity index (χ0) is 25.3. The van der Waals surface area contributed by atoms with Crippen LogP contribution < -0.4 is 4.74 Å². The summed E-state index contributed by atoms with van der Waals surface area (Å²) in [5.74, 6) is -3.22. The number of ether oxygens (including phenoxy) is 1. The number of fused-ring (bicyclic) bond motifs is 3. The minimum absolute atomic E-state index is 0.0268. The molecule has 6 nitrogen and oxygen atoms in total. The number of aliphatic hydroxyl groups excluding tert-OH is 1. The highest BCUT2D eigenvalue weighted by Gasteiger charge is 2.42. The van der Waals surface area contributed by atoms with Crippen LogP contribution in [0.1, 0.15) is 48.4 Å². The number of benzene rings is 1. The first-order chi connectivity index (χ1) is 17.4. The molecule has 0 unspecified atom stereocenters. The van der Waals surface area contributed by atoms with Crippen molar-refractivity contribution in [3.05, 3.63) is 46.6 Å². The maximum atomic E-state index is 14.5. The van der Waals surface area contributed by atoms with E-state index in [1.54, 1.807) is 11.1 Å². The van der Waals surface area contributed by atoms with Gasteiger partial charge in [0.25, 0.3) is 11.1 Å². The van der Waals surface area contributed by atoms with Crippen molar-refractivity contribution >= 4 is 22.2 Å². The molecule has 36 heavy (non-hydrogen) atoms. The molecule has 0 spiro atoms. The van der Waals surface area contributed by atoms with Crippen LogP contribution in [0.25, 0.3) is 10.9 Å². The van der Waals surface area contributed by atoms with Gasteiger partial charge in [-0.05, 0) is 50.8 Å². The number of nitrogens with zero attached hydrogens (tertiary/aromatic N) is 3. The molecule has 2 N–H and O–H groups in total. The van der Waals surface area contributed by atoms with E-state index in [-0.39, 0.29) is 18.8 Å². The molecule has 196 valence electrons. The van der Waals surface area contributed by atoms with Gasteiger partial charge < -0.3 is 14.8 Å². The summed E-state index contributed by atoms with van der Waals surface area (Å²) in [5.41, 5.74) is 3.01. The molecular formula is C26H33F3N4O2S. The molecule has 1 aromatic carbocycles. The van der Waals surface area contributed by atoms with Gasteiger partial charge >= 0.3 is 0 Å². The second kappa shape index (κ2) is 10.7. The Hall–Kier alpha value is -2.14. The molecule has 0 saturated carbocycles. The van der Waals surface area contributed by atoms with Crippen molar-refractivity contribution in [2.45, 2.75) is 56.7 Å². The van der Waals surface area contributed by atoms with E-state index in [9.17, 15) is 18.3 Å². The highest BCUT2D eigenvalue weighted by Crippen LogP contribution is 2.44. The second-order valence-electron chi connectivity index (χ2n) is 9.96. The first kappa shape index (κ1) is 25.5. The van der Waals surface area contributed by atoms with E-state index in [2.05, 4.69) is 20.9 Å². The zero-order valence-electron chi connectivity index (χ0n) is 20.4. The summed E-state index contributed by atoms with van der Waals surface area (Å²) in [6.07, 6.45) is 4.75. The molecule has 0 radical (unpaired) electrons. The smallest absolute Gasteiger partial charge is 0.283 e. The van der Waals surface area contributed by atoms with Gasteiger partial charge in [0.05, 0.1) is 24.1 Å². The van der Waals surface area contributed by atoms with Crippen LogP contribution in [-0.4, -0.2) is 82.4 Å². The van der Waals surface area contributed by atoms with Crippen LogP contribution in [0.15, 0.2) is 30.5 Å². The molecule has 0 aliphatic carbocycles. The molecule has 1 fully saturated rings. The molecule has 3 aromatic rings. The average molecular weight is 523 g/mol. The van der Waals surface area contributed by atoms with Gasteiger partial charge in [-0.1, -0.05) is 29.5 Å².